The molecule has 0 radical (unpaired) electrons. The minimum absolute atomic E-state index is 0.225. The molecular weight excluding hydrogens is 291 g/mol. The normalized spacial score (nSPS) is 10.8. The van der Waals surface area contributed by atoms with Crippen LogP contribution in [0.5, 0.6) is 0 Å². The van der Waals surface area contributed by atoms with Gasteiger partial charge in [-0.25, -0.2) is 4.39 Å². The maximum atomic E-state index is 14.1. The average molecular weight is 303 g/mol. The van der Waals surface area contributed by atoms with Crippen molar-refractivity contribution >= 4 is 17.4 Å². The summed E-state index contributed by atoms with van der Waals surface area (Å²) >= 11 is 5.77. The van der Waals surface area contributed by atoms with Crippen molar-refractivity contribution in [2.24, 2.45) is 0 Å². The monoisotopic (exact) mass is 302 g/mol. The van der Waals surface area contributed by atoms with E-state index in [0.29, 0.717) is 16.3 Å². The molecule has 0 saturated heterocycles. The van der Waals surface area contributed by atoms with Crippen molar-refractivity contribution in [1.82, 2.24) is 5.16 Å². The molecule has 0 aliphatic heterocycles. The van der Waals surface area contributed by atoms with Crippen LogP contribution in [0.25, 0.3) is 22.5 Å². The van der Waals surface area contributed by atoms with E-state index in [9.17, 15) is 4.39 Å². The summed E-state index contributed by atoms with van der Waals surface area (Å²) in [6, 6.07) is 12.1. The van der Waals surface area contributed by atoms with Crippen LogP contribution in [0, 0.1) is 12.7 Å². The van der Waals surface area contributed by atoms with Crippen LogP contribution in [0.15, 0.2) is 47.0 Å². The van der Waals surface area contributed by atoms with Crippen LogP contribution in [0.4, 0.5) is 10.2 Å². The maximum Gasteiger partial charge on any atom is 0.179 e. The minimum Gasteiger partial charge on any atom is -0.380 e. The molecule has 0 bridgehead atoms. The number of benzene rings is 2. The van der Waals surface area contributed by atoms with Gasteiger partial charge in [-0.2, -0.15) is 0 Å². The van der Waals surface area contributed by atoms with Crippen LogP contribution in [-0.4, -0.2) is 5.16 Å². The Morgan fingerprint density at radius 1 is 1.14 bits per heavy atom. The highest BCUT2D eigenvalue weighted by molar-refractivity contribution is 6.30. The SMILES string of the molecule is Cc1ccc(-c2c(N)noc2-c2ccc(Cl)cc2F)cc1. The molecule has 3 nitrogen and oxygen atoms in total. The predicted molar refractivity (Wildman–Crippen MR) is 81.5 cm³/mol. The Hall–Kier alpha value is -2.33. The molecule has 1 aromatic heterocycles. The topological polar surface area (TPSA) is 52.0 Å². The van der Waals surface area contributed by atoms with Gasteiger partial charge >= 0.3 is 0 Å². The van der Waals surface area contributed by atoms with E-state index in [2.05, 4.69) is 5.16 Å². The summed E-state index contributed by atoms with van der Waals surface area (Å²) in [5.41, 5.74) is 8.67. The molecular formula is C16H12ClFN2O. The predicted octanol–water partition coefficient (Wildman–Crippen LogP) is 4.69. The fraction of sp³-hybridized carbons (Fsp3) is 0.0625. The first-order valence-corrected chi connectivity index (χ1v) is 6.71. The van der Waals surface area contributed by atoms with Gasteiger partial charge in [-0.3, -0.25) is 0 Å². The van der Waals surface area contributed by atoms with E-state index in [1.807, 2.05) is 31.2 Å². The van der Waals surface area contributed by atoms with Crippen LogP contribution in [-0.2, 0) is 0 Å². The zero-order valence-electron chi connectivity index (χ0n) is 11.2. The lowest BCUT2D eigenvalue weighted by Gasteiger charge is -2.05. The van der Waals surface area contributed by atoms with E-state index < -0.39 is 5.82 Å². The number of halogens is 2. The minimum atomic E-state index is -0.480. The first-order valence-electron chi connectivity index (χ1n) is 6.34. The third-order valence-corrected chi connectivity index (χ3v) is 3.47. The number of anilines is 1. The fourth-order valence-electron chi connectivity index (χ4n) is 2.16. The van der Waals surface area contributed by atoms with Crippen molar-refractivity contribution in [3.8, 4) is 22.5 Å². The second kappa shape index (κ2) is 5.22. The van der Waals surface area contributed by atoms with Gasteiger partial charge in [0.2, 0.25) is 0 Å². The lowest BCUT2D eigenvalue weighted by Crippen LogP contribution is -1.90. The number of aryl methyl sites for hydroxylation is 1. The third kappa shape index (κ3) is 2.50. The quantitative estimate of drug-likeness (QED) is 0.747. The van der Waals surface area contributed by atoms with Crippen molar-refractivity contribution in [2.75, 3.05) is 5.73 Å². The highest BCUT2D eigenvalue weighted by atomic mass is 35.5. The Balaban J connectivity index is 2.19. The summed E-state index contributed by atoms with van der Waals surface area (Å²) in [7, 11) is 0. The molecule has 0 unspecified atom stereocenters. The Morgan fingerprint density at radius 2 is 1.86 bits per heavy atom. The summed E-state index contributed by atoms with van der Waals surface area (Å²) in [6.45, 7) is 1.99. The smallest absolute Gasteiger partial charge is 0.179 e. The molecule has 2 N–H and O–H groups in total. The molecule has 0 atom stereocenters. The second-order valence-corrected chi connectivity index (χ2v) is 5.20. The zero-order chi connectivity index (χ0) is 15.0. The molecule has 3 aromatic rings. The van der Waals surface area contributed by atoms with Gasteiger partial charge in [-0.1, -0.05) is 46.6 Å². The second-order valence-electron chi connectivity index (χ2n) is 4.76. The Labute approximate surface area is 126 Å². The van der Waals surface area contributed by atoms with Crippen molar-refractivity contribution < 1.29 is 8.91 Å². The van der Waals surface area contributed by atoms with Crippen molar-refractivity contribution in [3.05, 3.63) is 58.9 Å². The number of aromatic nitrogens is 1. The Morgan fingerprint density at radius 3 is 2.52 bits per heavy atom. The maximum absolute atomic E-state index is 14.1. The van der Waals surface area contributed by atoms with E-state index in [0.717, 1.165) is 11.1 Å². The number of nitrogens with two attached hydrogens (primary N) is 1. The average Bonchev–Trinajstić information content (AvgIpc) is 2.82. The summed E-state index contributed by atoms with van der Waals surface area (Å²) in [5.74, 6) is 0.0423. The molecule has 21 heavy (non-hydrogen) atoms. The first-order chi connectivity index (χ1) is 10.1. The van der Waals surface area contributed by atoms with Gasteiger partial charge in [0, 0.05) is 5.02 Å². The van der Waals surface area contributed by atoms with Gasteiger partial charge in [0.15, 0.2) is 11.6 Å². The molecule has 0 saturated carbocycles. The lowest BCUT2D eigenvalue weighted by molar-refractivity contribution is 0.433. The highest BCUT2D eigenvalue weighted by Crippen LogP contribution is 2.38. The molecule has 0 fully saturated rings. The number of nitrogens with zero attached hydrogens (tertiary/aromatic N) is 1. The number of rotatable bonds is 2. The number of hydrogen-bond donors (Lipinski definition) is 1. The van der Waals surface area contributed by atoms with Gasteiger partial charge in [-0.15, -0.1) is 0 Å². The summed E-state index contributed by atoms with van der Waals surface area (Å²) < 4.78 is 19.3. The van der Waals surface area contributed by atoms with E-state index in [1.165, 1.54) is 6.07 Å². The molecule has 0 amide bonds. The summed E-state index contributed by atoms with van der Waals surface area (Å²) in [6.07, 6.45) is 0. The van der Waals surface area contributed by atoms with E-state index in [1.54, 1.807) is 12.1 Å². The number of nitrogen functional groups attached to an aromatic ring is 1. The fourth-order valence-corrected chi connectivity index (χ4v) is 2.32. The molecule has 0 aliphatic rings. The van der Waals surface area contributed by atoms with Crippen molar-refractivity contribution in [1.29, 1.82) is 0 Å². The van der Waals surface area contributed by atoms with Gasteiger partial charge in [0.25, 0.3) is 0 Å². The van der Waals surface area contributed by atoms with Crippen LogP contribution >= 0.6 is 11.6 Å². The van der Waals surface area contributed by atoms with Crippen LogP contribution in [0.1, 0.15) is 5.56 Å². The summed E-state index contributed by atoms with van der Waals surface area (Å²) in [4.78, 5) is 0. The van der Waals surface area contributed by atoms with Gasteiger partial charge in [-0.05, 0) is 30.7 Å². The van der Waals surface area contributed by atoms with E-state index in [-0.39, 0.29) is 11.4 Å². The highest BCUT2D eigenvalue weighted by Gasteiger charge is 2.20. The molecule has 106 valence electrons. The Kier molecular flexibility index (Phi) is 3.39. The lowest BCUT2D eigenvalue weighted by atomic mass is 10.0. The number of hydrogen-bond acceptors (Lipinski definition) is 3. The third-order valence-electron chi connectivity index (χ3n) is 3.23. The van der Waals surface area contributed by atoms with Crippen LogP contribution < -0.4 is 5.73 Å². The largest absolute Gasteiger partial charge is 0.380 e. The van der Waals surface area contributed by atoms with Crippen molar-refractivity contribution in [3.63, 3.8) is 0 Å². The van der Waals surface area contributed by atoms with Gasteiger partial charge in [0.1, 0.15) is 5.82 Å². The van der Waals surface area contributed by atoms with E-state index in [4.69, 9.17) is 21.9 Å². The van der Waals surface area contributed by atoms with Crippen LogP contribution in [0.2, 0.25) is 5.02 Å². The van der Waals surface area contributed by atoms with Crippen molar-refractivity contribution in [2.45, 2.75) is 6.92 Å². The molecule has 1 heterocycles. The zero-order valence-corrected chi connectivity index (χ0v) is 12.0. The standard InChI is InChI=1S/C16H12ClFN2O/c1-9-2-4-10(5-3-9)14-15(21-20-16(14)19)12-7-6-11(17)8-13(12)18/h2-8H,1H3,(H2,19,20). The molecule has 5 heteroatoms. The Bertz CT molecular complexity index is 797. The van der Waals surface area contributed by atoms with Gasteiger partial charge in [0.05, 0.1) is 11.1 Å². The summed E-state index contributed by atoms with van der Waals surface area (Å²) in [5, 5.41) is 4.08. The molecule has 0 aliphatic carbocycles. The molecule has 2 aromatic carbocycles. The molecule has 0 spiro atoms. The van der Waals surface area contributed by atoms with Crippen LogP contribution in [0.3, 0.4) is 0 Å². The van der Waals surface area contributed by atoms with Gasteiger partial charge < -0.3 is 10.3 Å². The van der Waals surface area contributed by atoms with E-state index >= 15 is 0 Å². The first kappa shape index (κ1) is 13.6. The molecule has 3 rings (SSSR count).